The van der Waals surface area contributed by atoms with E-state index >= 15 is 0 Å². The van der Waals surface area contributed by atoms with Gasteiger partial charge in [-0.2, -0.15) is 0 Å². The van der Waals surface area contributed by atoms with E-state index in [9.17, 15) is 0 Å². The highest BCUT2D eigenvalue weighted by Crippen LogP contribution is 2.29. The predicted molar refractivity (Wildman–Crippen MR) is 82.0 cm³/mol. The lowest BCUT2D eigenvalue weighted by molar-refractivity contribution is 0.195. The zero-order valence-corrected chi connectivity index (χ0v) is 12.1. The van der Waals surface area contributed by atoms with Gasteiger partial charge in [-0.25, -0.2) is 0 Å². The van der Waals surface area contributed by atoms with Crippen LogP contribution in [0.5, 0.6) is 0 Å². The molecule has 1 saturated heterocycles. The van der Waals surface area contributed by atoms with Crippen LogP contribution in [0.15, 0.2) is 48.7 Å². The number of piperazine rings is 1. The molecule has 0 radical (unpaired) electrons. The molecular weight excluding hydrogens is 270 g/mol. The van der Waals surface area contributed by atoms with E-state index in [2.05, 4.69) is 27.3 Å². The molecule has 0 amide bonds. The maximum absolute atomic E-state index is 6.16. The average molecular weight is 288 g/mol. The fourth-order valence-electron chi connectivity index (χ4n) is 2.72. The first-order valence-corrected chi connectivity index (χ1v) is 7.33. The third-order valence-corrected chi connectivity index (χ3v) is 3.88. The average Bonchev–Trinajstić information content (AvgIpc) is 2.50. The normalized spacial score (nSPS) is 17.9. The maximum atomic E-state index is 6.16. The van der Waals surface area contributed by atoms with E-state index < -0.39 is 0 Å². The van der Waals surface area contributed by atoms with E-state index in [1.165, 1.54) is 5.56 Å². The summed E-state index contributed by atoms with van der Waals surface area (Å²) in [5.74, 6) is 0. The van der Waals surface area contributed by atoms with Crippen LogP contribution in [0.1, 0.15) is 17.3 Å². The molecule has 2 heterocycles. The molecule has 1 unspecified atom stereocenters. The fraction of sp³-hybridized carbons (Fsp3) is 0.312. The number of hydrogen-bond donors (Lipinski definition) is 1. The molecule has 1 aromatic carbocycles. The highest BCUT2D eigenvalue weighted by molar-refractivity contribution is 6.30. The largest absolute Gasteiger partial charge is 0.314 e. The first kappa shape index (κ1) is 13.6. The molecule has 1 fully saturated rings. The second-order valence-corrected chi connectivity index (χ2v) is 5.43. The third-order valence-electron chi connectivity index (χ3n) is 3.65. The van der Waals surface area contributed by atoms with Crippen molar-refractivity contribution in [2.75, 3.05) is 26.2 Å². The Bertz CT molecular complexity index is 553. The summed E-state index contributed by atoms with van der Waals surface area (Å²) in [6.45, 7) is 4.08. The molecule has 20 heavy (non-hydrogen) atoms. The van der Waals surface area contributed by atoms with Crippen molar-refractivity contribution in [2.45, 2.75) is 6.04 Å². The number of nitrogens with one attached hydrogen (secondary N) is 1. The van der Waals surface area contributed by atoms with E-state index in [4.69, 9.17) is 11.6 Å². The molecule has 0 aliphatic carbocycles. The second-order valence-electron chi connectivity index (χ2n) is 5.00. The lowest BCUT2D eigenvalue weighted by atomic mass is 10.0. The third kappa shape index (κ3) is 3.01. The summed E-state index contributed by atoms with van der Waals surface area (Å²) in [6, 6.07) is 14.4. The van der Waals surface area contributed by atoms with Crippen LogP contribution in [0.3, 0.4) is 0 Å². The Labute approximate surface area is 124 Å². The Hall–Kier alpha value is -1.42. The number of nitrogens with zero attached hydrogens (tertiary/aromatic N) is 2. The molecule has 1 N–H and O–H groups in total. The van der Waals surface area contributed by atoms with E-state index in [0.717, 1.165) is 36.9 Å². The van der Waals surface area contributed by atoms with Crippen molar-refractivity contribution in [1.82, 2.24) is 15.2 Å². The SMILES string of the molecule is Clc1cccc(C(c2ccccn2)N2CCNCC2)c1. The summed E-state index contributed by atoms with van der Waals surface area (Å²) in [5, 5.41) is 4.17. The van der Waals surface area contributed by atoms with Crippen molar-refractivity contribution in [3.8, 4) is 0 Å². The Morgan fingerprint density at radius 1 is 1.10 bits per heavy atom. The quantitative estimate of drug-likeness (QED) is 0.941. The minimum atomic E-state index is 0.178. The lowest BCUT2D eigenvalue weighted by Crippen LogP contribution is -2.45. The summed E-state index contributed by atoms with van der Waals surface area (Å²) in [6.07, 6.45) is 1.86. The molecule has 0 spiro atoms. The summed E-state index contributed by atoms with van der Waals surface area (Å²) < 4.78 is 0. The molecule has 3 rings (SSSR count). The highest BCUT2D eigenvalue weighted by Gasteiger charge is 2.24. The minimum Gasteiger partial charge on any atom is -0.314 e. The van der Waals surface area contributed by atoms with Gasteiger partial charge in [0.05, 0.1) is 11.7 Å². The number of hydrogen-bond acceptors (Lipinski definition) is 3. The van der Waals surface area contributed by atoms with Gasteiger partial charge in [0, 0.05) is 37.4 Å². The summed E-state index contributed by atoms with van der Waals surface area (Å²) in [7, 11) is 0. The van der Waals surface area contributed by atoms with Crippen LogP contribution in [0.25, 0.3) is 0 Å². The van der Waals surface area contributed by atoms with Crippen LogP contribution in [0.2, 0.25) is 5.02 Å². The van der Waals surface area contributed by atoms with Crippen LogP contribution in [0, 0.1) is 0 Å². The van der Waals surface area contributed by atoms with Crippen LogP contribution in [-0.4, -0.2) is 36.1 Å². The number of rotatable bonds is 3. The summed E-state index contributed by atoms with van der Waals surface area (Å²) in [4.78, 5) is 7.02. The van der Waals surface area contributed by atoms with Gasteiger partial charge in [0.2, 0.25) is 0 Å². The van der Waals surface area contributed by atoms with Gasteiger partial charge in [-0.3, -0.25) is 9.88 Å². The highest BCUT2D eigenvalue weighted by atomic mass is 35.5. The summed E-state index contributed by atoms with van der Waals surface area (Å²) >= 11 is 6.16. The van der Waals surface area contributed by atoms with Gasteiger partial charge in [0.1, 0.15) is 0 Å². The van der Waals surface area contributed by atoms with Gasteiger partial charge < -0.3 is 5.32 Å². The van der Waals surface area contributed by atoms with Crippen molar-refractivity contribution in [3.63, 3.8) is 0 Å². The van der Waals surface area contributed by atoms with Gasteiger partial charge in [-0.05, 0) is 29.8 Å². The molecular formula is C16H18ClN3. The summed E-state index contributed by atoms with van der Waals surface area (Å²) in [5.41, 5.74) is 2.29. The van der Waals surface area contributed by atoms with E-state index in [-0.39, 0.29) is 6.04 Å². The number of aromatic nitrogens is 1. The monoisotopic (exact) mass is 287 g/mol. The molecule has 104 valence electrons. The molecule has 1 atom stereocenters. The van der Waals surface area contributed by atoms with E-state index in [1.807, 2.05) is 36.5 Å². The fourth-order valence-corrected chi connectivity index (χ4v) is 2.92. The Balaban J connectivity index is 1.98. The smallest absolute Gasteiger partial charge is 0.0777 e. The molecule has 0 saturated carbocycles. The Kier molecular flexibility index (Phi) is 4.31. The van der Waals surface area contributed by atoms with Gasteiger partial charge in [0.25, 0.3) is 0 Å². The van der Waals surface area contributed by atoms with Crippen molar-refractivity contribution < 1.29 is 0 Å². The molecule has 1 aromatic heterocycles. The second kappa shape index (κ2) is 6.35. The maximum Gasteiger partial charge on any atom is 0.0777 e. The Morgan fingerprint density at radius 2 is 1.95 bits per heavy atom. The van der Waals surface area contributed by atoms with Crippen molar-refractivity contribution in [1.29, 1.82) is 0 Å². The molecule has 1 aliphatic rings. The standard InChI is InChI=1S/C16H18ClN3/c17-14-5-3-4-13(12-14)16(15-6-1-2-7-19-15)20-10-8-18-9-11-20/h1-7,12,16,18H,8-11H2. The zero-order valence-electron chi connectivity index (χ0n) is 11.3. The molecule has 2 aromatic rings. The number of halogens is 1. The van der Waals surface area contributed by atoms with Gasteiger partial charge >= 0.3 is 0 Å². The lowest BCUT2D eigenvalue weighted by Gasteiger charge is -2.35. The van der Waals surface area contributed by atoms with Crippen LogP contribution < -0.4 is 5.32 Å². The predicted octanol–water partition coefficient (Wildman–Crippen LogP) is 2.73. The molecule has 4 heteroatoms. The van der Waals surface area contributed by atoms with E-state index in [1.54, 1.807) is 0 Å². The van der Waals surface area contributed by atoms with Crippen molar-refractivity contribution in [2.24, 2.45) is 0 Å². The first-order valence-electron chi connectivity index (χ1n) is 6.96. The van der Waals surface area contributed by atoms with Crippen LogP contribution >= 0.6 is 11.6 Å². The zero-order chi connectivity index (χ0) is 13.8. The van der Waals surface area contributed by atoms with E-state index in [0.29, 0.717) is 0 Å². The van der Waals surface area contributed by atoms with Gasteiger partial charge in [-0.1, -0.05) is 29.8 Å². The minimum absolute atomic E-state index is 0.178. The van der Waals surface area contributed by atoms with Gasteiger partial charge in [0.15, 0.2) is 0 Å². The topological polar surface area (TPSA) is 28.2 Å². The number of benzene rings is 1. The van der Waals surface area contributed by atoms with Crippen molar-refractivity contribution >= 4 is 11.6 Å². The van der Waals surface area contributed by atoms with Crippen LogP contribution in [0.4, 0.5) is 0 Å². The van der Waals surface area contributed by atoms with Crippen molar-refractivity contribution in [3.05, 3.63) is 64.9 Å². The molecule has 0 bridgehead atoms. The van der Waals surface area contributed by atoms with Gasteiger partial charge in [-0.15, -0.1) is 0 Å². The molecule has 1 aliphatic heterocycles. The number of pyridine rings is 1. The molecule has 3 nitrogen and oxygen atoms in total. The first-order chi connectivity index (χ1) is 9.84. The Morgan fingerprint density at radius 3 is 2.65 bits per heavy atom. The van der Waals surface area contributed by atoms with Crippen LogP contribution in [-0.2, 0) is 0 Å².